The van der Waals surface area contributed by atoms with Gasteiger partial charge in [0.05, 0.1) is 5.57 Å². The molecule has 170 valence electrons. The van der Waals surface area contributed by atoms with Crippen molar-refractivity contribution < 1.29 is 4.79 Å². The highest BCUT2D eigenvalue weighted by Crippen LogP contribution is 2.31. The molecule has 2 aliphatic heterocycles. The van der Waals surface area contributed by atoms with E-state index in [0.29, 0.717) is 11.6 Å². The van der Waals surface area contributed by atoms with E-state index in [1.54, 1.807) is 6.08 Å². The van der Waals surface area contributed by atoms with Crippen LogP contribution in [0.5, 0.6) is 0 Å². The zero-order valence-electron chi connectivity index (χ0n) is 19.6. The lowest BCUT2D eigenvalue weighted by Gasteiger charge is -2.20. The van der Waals surface area contributed by atoms with E-state index in [9.17, 15) is 4.79 Å². The minimum absolute atomic E-state index is 0.0575. The van der Waals surface area contributed by atoms with Gasteiger partial charge in [0.15, 0.2) is 5.84 Å². The molecule has 2 aliphatic rings. The predicted octanol–water partition coefficient (Wildman–Crippen LogP) is 5.57. The van der Waals surface area contributed by atoms with Gasteiger partial charge in [0.1, 0.15) is 5.04 Å². The highest BCUT2D eigenvalue weighted by molar-refractivity contribution is 8.26. The number of aromatic nitrogens is 1. The quantitative estimate of drug-likeness (QED) is 0.510. The molecular formula is C27H25N5OS. The number of carbonyl (C=O) groups excluding carboxylic acids is 1. The number of hydrogen-bond acceptors (Lipinski definition) is 4. The fraction of sp³-hybridized carbons (Fsp3) is 0.185. The fourth-order valence-corrected chi connectivity index (χ4v) is 5.21. The molecule has 6 nitrogen and oxygen atoms in total. The number of carbonyl (C=O) groups is 1. The first kappa shape index (κ1) is 22.1. The largest absolute Gasteiger partial charge is 0.318 e. The van der Waals surface area contributed by atoms with Crippen molar-refractivity contribution in [3.63, 3.8) is 0 Å². The van der Waals surface area contributed by atoms with E-state index in [2.05, 4.69) is 53.6 Å². The Labute approximate surface area is 203 Å². The van der Waals surface area contributed by atoms with Gasteiger partial charge in [-0.2, -0.15) is 15.1 Å². The van der Waals surface area contributed by atoms with Gasteiger partial charge in [0.2, 0.25) is 5.17 Å². The minimum atomic E-state index is -0.406. The second-order valence-electron chi connectivity index (χ2n) is 8.63. The Morgan fingerprint density at radius 3 is 2.56 bits per heavy atom. The summed E-state index contributed by atoms with van der Waals surface area (Å²) in [7, 11) is 0. The third-order valence-corrected chi connectivity index (χ3v) is 6.98. The monoisotopic (exact) mass is 467 g/mol. The van der Waals surface area contributed by atoms with E-state index in [1.165, 1.54) is 27.9 Å². The van der Waals surface area contributed by atoms with Crippen LogP contribution in [0.2, 0.25) is 0 Å². The van der Waals surface area contributed by atoms with Crippen LogP contribution in [0.1, 0.15) is 33.6 Å². The van der Waals surface area contributed by atoms with E-state index >= 15 is 0 Å². The van der Waals surface area contributed by atoms with Crippen LogP contribution >= 0.6 is 11.8 Å². The summed E-state index contributed by atoms with van der Waals surface area (Å²) in [6, 6.07) is 18.5. The van der Waals surface area contributed by atoms with Gasteiger partial charge in [0, 0.05) is 23.5 Å². The molecule has 0 aliphatic carbocycles. The van der Waals surface area contributed by atoms with Crippen molar-refractivity contribution in [1.29, 1.82) is 5.41 Å². The van der Waals surface area contributed by atoms with Crippen LogP contribution in [0.3, 0.4) is 0 Å². The molecule has 34 heavy (non-hydrogen) atoms. The highest BCUT2D eigenvalue weighted by Gasteiger charge is 2.35. The molecule has 7 heteroatoms. The van der Waals surface area contributed by atoms with Crippen LogP contribution in [0.15, 0.2) is 70.3 Å². The first-order valence-corrected chi connectivity index (χ1v) is 11.9. The van der Waals surface area contributed by atoms with Crippen LogP contribution in [-0.4, -0.2) is 31.5 Å². The molecule has 0 fully saturated rings. The van der Waals surface area contributed by atoms with Gasteiger partial charge in [-0.3, -0.25) is 10.2 Å². The van der Waals surface area contributed by atoms with Crippen LogP contribution in [0, 0.1) is 33.1 Å². The molecule has 5 rings (SSSR count). The molecular weight excluding hydrogens is 442 g/mol. The first-order chi connectivity index (χ1) is 16.3. The molecule has 3 heterocycles. The number of aliphatic imine (C=N–C) groups is 1. The lowest BCUT2D eigenvalue weighted by atomic mass is 10.1. The molecule has 1 N–H and O–H groups in total. The van der Waals surface area contributed by atoms with Crippen molar-refractivity contribution in [2.75, 3.05) is 0 Å². The van der Waals surface area contributed by atoms with E-state index in [4.69, 9.17) is 5.41 Å². The maximum absolute atomic E-state index is 12.9. The molecule has 1 aromatic heterocycles. The van der Waals surface area contributed by atoms with E-state index in [0.717, 1.165) is 33.2 Å². The van der Waals surface area contributed by atoms with Gasteiger partial charge in [-0.05, 0) is 79.9 Å². The number of rotatable bonds is 4. The average molecular weight is 468 g/mol. The maximum atomic E-state index is 12.9. The molecule has 0 unspecified atom stereocenters. The number of benzene rings is 2. The number of aryl methyl sites for hydroxylation is 3. The van der Waals surface area contributed by atoms with Gasteiger partial charge in [-0.1, -0.05) is 42.5 Å². The molecule has 2 aromatic carbocycles. The Morgan fingerprint density at radius 2 is 1.79 bits per heavy atom. The van der Waals surface area contributed by atoms with Gasteiger partial charge >= 0.3 is 0 Å². The summed E-state index contributed by atoms with van der Waals surface area (Å²) >= 11 is 1.35. The lowest BCUT2D eigenvalue weighted by molar-refractivity contribution is -0.114. The summed E-state index contributed by atoms with van der Waals surface area (Å²) in [5.74, 6) is -0.349. The van der Waals surface area contributed by atoms with Crippen molar-refractivity contribution in [2.45, 2.75) is 34.1 Å². The number of fused-ring (bicyclic) bond motifs is 1. The number of amidine groups is 2. The van der Waals surface area contributed by atoms with Gasteiger partial charge in [-0.15, -0.1) is 0 Å². The van der Waals surface area contributed by atoms with Gasteiger partial charge in [-0.25, -0.2) is 0 Å². The summed E-state index contributed by atoms with van der Waals surface area (Å²) in [5.41, 5.74) is 7.83. The number of amides is 1. The van der Waals surface area contributed by atoms with Crippen LogP contribution in [0.25, 0.3) is 11.8 Å². The number of hydrogen-bond donors (Lipinski definition) is 1. The van der Waals surface area contributed by atoms with Crippen molar-refractivity contribution in [3.8, 4) is 5.69 Å². The molecule has 0 saturated heterocycles. The highest BCUT2D eigenvalue weighted by atomic mass is 32.2. The summed E-state index contributed by atoms with van der Waals surface area (Å²) in [6.07, 6.45) is 2.41. The topological polar surface area (TPSA) is 73.8 Å². The summed E-state index contributed by atoms with van der Waals surface area (Å²) < 4.78 is 2.20. The number of nitrogens with one attached hydrogen (secondary N) is 1. The SMILES string of the molecule is Cc1ccc(C)c(-n2c(C)cc(/C=C3\C(=N)N4N=C(Cc5ccccc5)SC4=NC3=O)c2C)c1. The molecule has 0 bridgehead atoms. The second kappa shape index (κ2) is 8.57. The lowest BCUT2D eigenvalue weighted by Crippen LogP contribution is -2.35. The Morgan fingerprint density at radius 1 is 1.03 bits per heavy atom. The smallest absolute Gasteiger partial charge is 0.283 e. The maximum Gasteiger partial charge on any atom is 0.283 e. The molecule has 0 atom stereocenters. The van der Waals surface area contributed by atoms with Crippen molar-refractivity contribution in [3.05, 3.63) is 93.8 Å². The van der Waals surface area contributed by atoms with Crippen LogP contribution in [0.4, 0.5) is 0 Å². The van der Waals surface area contributed by atoms with Gasteiger partial charge in [0.25, 0.3) is 5.91 Å². The minimum Gasteiger partial charge on any atom is -0.318 e. The van der Waals surface area contributed by atoms with E-state index in [1.807, 2.05) is 43.3 Å². The molecule has 0 saturated carbocycles. The fourth-order valence-electron chi connectivity index (χ4n) is 4.29. The molecule has 0 spiro atoms. The van der Waals surface area contributed by atoms with Crippen LogP contribution < -0.4 is 0 Å². The van der Waals surface area contributed by atoms with Gasteiger partial charge < -0.3 is 4.57 Å². The Hall–Kier alpha value is -3.71. The second-order valence-corrected chi connectivity index (χ2v) is 9.67. The molecule has 1 amide bonds. The number of thioether (sulfide) groups is 1. The number of hydrazone groups is 1. The summed E-state index contributed by atoms with van der Waals surface area (Å²) in [4.78, 5) is 17.1. The summed E-state index contributed by atoms with van der Waals surface area (Å²) in [5, 5.41) is 16.0. The first-order valence-electron chi connectivity index (χ1n) is 11.1. The van der Waals surface area contributed by atoms with Crippen LogP contribution in [-0.2, 0) is 11.2 Å². The third-order valence-electron chi connectivity index (χ3n) is 6.07. The Balaban J connectivity index is 1.48. The standard InChI is InChI=1S/C27H25N5OS/c1-16-10-11-17(2)23(12-16)31-18(3)13-21(19(31)4)15-22-25(28)32-27(29-26(22)33)34-24(30-32)14-20-8-6-5-7-9-20/h5-13,15,28H,14H2,1-4H3/b22-15+,28-25?. The number of nitrogens with zero attached hydrogens (tertiary/aromatic N) is 4. The third kappa shape index (κ3) is 3.92. The average Bonchev–Trinajstić information content (AvgIpc) is 3.33. The molecule has 0 radical (unpaired) electrons. The zero-order chi connectivity index (χ0) is 24.0. The normalized spacial score (nSPS) is 16.7. The summed E-state index contributed by atoms with van der Waals surface area (Å²) in [6.45, 7) is 8.27. The van der Waals surface area contributed by atoms with E-state index in [-0.39, 0.29) is 11.4 Å². The van der Waals surface area contributed by atoms with Crippen molar-refractivity contribution in [2.24, 2.45) is 10.1 Å². The van der Waals surface area contributed by atoms with E-state index < -0.39 is 5.91 Å². The molecule has 3 aromatic rings. The zero-order valence-corrected chi connectivity index (χ0v) is 20.4. The Kier molecular flexibility index (Phi) is 5.57. The predicted molar refractivity (Wildman–Crippen MR) is 140 cm³/mol. The van der Waals surface area contributed by atoms with Crippen molar-refractivity contribution in [1.82, 2.24) is 9.58 Å². The van der Waals surface area contributed by atoms with Crippen molar-refractivity contribution >= 4 is 39.8 Å². The Bertz CT molecular complexity index is 1430.